The SMILES string of the molecule is C=CCC(N)C(=O)NCCC(C)CCC(=O)O. The molecule has 4 N–H and O–H groups in total. The lowest BCUT2D eigenvalue weighted by Gasteiger charge is -2.13. The van der Waals surface area contributed by atoms with Gasteiger partial charge in [0, 0.05) is 13.0 Å². The third kappa shape index (κ3) is 8.45. The molecule has 0 aromatic rings. The highest BCUT2D eigenvalue weighted by molar-refractivity contribution is 5.81. The standard InChI is InChI=1S/C12H22N2O3/c1-3-4-10(13)12(17)14-8-7-9(2)5-6-11(15)16/h3,9-10H,1,4-8,13H2,2H3,(H,14,17)(H,15,16). The zero-order valence-electron chi connectivity index (χ0n) is 10.3. The number of nitrogens with one attached hydrogen (secondary N) is 1. The summed E-state index contributed by atoms with van der Waals surface area (Å²) in [5.41, 5.74) is 5.58. The van der Waals surface area contributed by atoms with Gasteiger partial charge in [0.05, 0.1) is 6.04 Å². The van der Waals surface area contributed by atoms with Crippen LogP contribution >= 0.6 is 0 Å². The fraction of sp³-hybridized carbons (Fsp3) is 0.667. The minimum absolute atomic E-state index is 0.172. The van der Waals surface area contributed by atoms with Gasteiger partial charge in [-0.15, -0.1) is 6.58 Å². The van der Waals surface area contributed by atoms with Crippen LogP contribution in [0, 0.1) is 5.92 Å². The summed E-state index contributed by atoms with van der Waals surface area (Å²) in [7, 11) is 0. The summed E-state index contributed by atoms with van der Waals surface area (Å²) in [6.45, 7) is 6.02. The van der Waals surface area contributed by atoms with Crippen molar-refractivity contribution in [2.24, 2.45) is 11.7 Å². The molecule has 0 saturated heterocycles. The maximum absolute atomic E-state index is 11.4. The van der Waals surface area contributed by atoms with Gasteiger partial charge in [-0.1, -0.05) is 13.0 Å². The average Bonchev–Trinajstić information content (AvgIpc) is 2.26. The first-order chi connectivity index (χ1) is 7.97. The first-order valence-corrected chi connectivity index (χ1v) is 5.83. The number of carbonyl (C=O) groups is 2. The van der Waals surface area contributed by atoms with Gasteiger partial charge >= 0.3 is 5.97 Å². The maximum Gasteiger partial charge on any atom is 0.303 e. The molecule has 0 bridgehead atoms. The average molecular weight is 242 g/mol. The zero-order valence-corrected chi connectivity index (χ0v) is 10.3. The van der Waals surface area contributed by atoms with Crippen LogP contribution < -0.4 is 11.1 Å². The van der Waals surface area contributed by atoms with Gasteiger partial charge in [-0.05, 0) is 25.2 Å². The molecule has 0 aliphatic carbocycles. The van der Waals surface area contributed by atoms with Crippen molar-refractivity contribution in [3.63, 3.8) is 0 Å². The second-order valence-electron chi connectivity index (χ2n) is 4.25. The van der Waals surface area contributed by atoms with Crippen LogP contribution in [0.1, 0.15) is 32.6 Å². The summed E-state index contributed by atoms with van der Waals surface area (Å²) in [5.74, 6) is -0.689. The first-order valence-electron chi connectivity index (χ1n) is 5.83. The molecule has 98 valence electrons. The zero-order chi connectivity index (χ0) is 13.3. The molecular weight excluding hydrogens is 220 g/mol. The van der Waals surface area contributed by atoms with Gasteiger partial charge in [0.1, 0.15) is 0 Å². The lowest BCUT2D eigenvalue weighted by atomic mass is 10.0. The summed E-state index contributed by atoms with van der Waals surface area (Å²) in [6.07, 6.45) is 3.63. The number of hydrogen-bond donors (Lipinski definition) is 3. The van der Waals surface area contributed by atoms with Crippen LogP contribution in [0.15, 0.2) is 12.7 Å². The number of rotatable bonds is 9. The molecule has 0 aliphatic rings. The van der Waals surface area contributed by atoms with E-state index in [4.69, 9.17) is 10.8 Å². The van der Waals surface area contributed by atoms with Gasteiger partial charge in [0.15, 0.2) is 0 Å². The van der Waals surface area contributed by atoms with Gasteiger partial charge in [-0.2, -0.15) is 0 Å². The molecule has 0 radical (unpaired) electrons. The Kier molecular flexibility index (Phi) is 8.05. The van der Waals surface area contributed by atoms with E-state index in [0.717, 1.165) is 6.42 Å². The summed E-state index contributed by atoms with van der Waals surface area (Å²) in [4.78, 5) is 21.8. The van der Waals surface area contributed by atoms with Crippen molar-refractivity contribution in [3.05, 3.63) is 12.7 Å². The molecule has 0 rings (SSSR count). The van der Waals surface area contributed by atoms with E-state index in [2.05, 4.69) is 11.9 Å². The summed E-state index contributed by atoms with van der Waals surface area (Å²) in [6, 6.07) is -0.540. The molecule has 0 aromatic heterocycles. The summed E-state index contributed by atoms with van der Waals surface area (Å²) in [5, 5.41) is 11.2. The van der Waals surface area contributed by atoms with E-state index in [9.17, 15) is 9.59 Å². The summed E-state index contributed by atoms with van der Waals surface area (Å²) >= 11 is 0. The third-order valence-corrected chi connectivity index (χ3v) is 2.54. The molecular formula is C12H22N2O3. The monoisotopic (exact) mass is 242 g/mol. The number of carboxylic acids is 1. The normalized spacial score (nSPS) is 13.8. The number of hydrogen-bond acceptors (Lipinski definition) is 3. The molecule has 5 nitrogen and oxygen atoms in total. The molecule has 1 amide bonds. The number of carbonyl (C=O) groups excluding carboxylic acids is 1. The predicted molar refractivity (Wildman–Crippen MR) is 66.4 cm³/mol. The topological polar surface area (TPSA) is 92.4 Å². The van der Waals surface area contributed by atoms with Crippen molar-refractivity contribution in [2.45, 2.75) is 38.6 Å². The van der Waals surface area contributed by atoms with Crippen molar-refractivity contribution in [1.82, 2.24) is 5.32 Å². The van der Waals surface area contributed by atoms with Gasteiger partial charge in [-0.3, -0.25) is 9.59 Å². The lowest BCUT2D eigenvalue weighted by molar-refractivity contribution is -0.137. The summed E-state index contributed by atoms with van der Waals surface area (Å²) < 4.78 is 0. The molecule has 5 heteroatoms. The molecule has 0 aromatic carbocycles. The Hall–Kier alpha value is -1.36. The number of aliphatic carboxylic acids is 1. The quantitative estimate of drug-likeness (QED) is 0.524. The fourth-order valence-electron chi connectivity index (χ4n) is 1.37. The first kappa shape index (κ1) is 15.6. The van der Waals surface area contributed by atoms with E-state index in [1.54, 1.807) is 6.08 Å². The van der Waals surface area contributed by atoms with E-state index >= 15 is 0 Å². The van der Waals surface area contributed by atoms with E-state index in [-0.39, 0.29) is 18.2 Å². The van der Waals surface area contributed by atoms with E-state index in [0.29, 0.717) is 19.4 Å². The Labute approximate surface area is 102 Å². The highest BCUT2D eigenvalue weighted by Crippen LogP contribution is 2.09. The fourth-order valence-corrected chi connectivity index (χ4v) is 1.37. The van der Waals surface area contributed by atoms with Crippen molar-refractivity contribution in [1.29, 1.82) is 0 Å². The molecule has 0 heterocycles. The van der Waals surface area contributed by atoms with Crippen LogP contribution in [0.2, 0.25) is 0 Å². The Balaban J connectivity index is 3.64. The Morgan fingerprint density at radius 1 is 1.47 bits per heavy atom. The van der Waals surface area contributed by atoms with Crippen molar-refractivity contribution < 1.29 is 14.7 Å². The molecule has 2 unspecified atom stereocenters. The highest BCUT2D eigenvalue weighted by Gasteiger charge is 2.11. The Bertz CT molecular complexity index is 266. The molecule has 0 fully saturated rings. The van der Waals surface area contributed by atoms with Crippen molar-refractivity contribution in [3.8, 4) is 0 Å². The van der Waals surface area contributed by atoms with Crippen LogP contribution in [0.3, 0.4) is 0 Å². The van der Waals surface area contributed by atoms with Crippen molar-refractivity contribution >= 4 is 11.9 Å². The van der Waals surface area contributed by atoms with Crippen LogP contribution in [0.5, 0.6) is 0 Å². The molecule has 0 aliphatic heterocycles. The second kappa shape index (κ2) is 8.75. The maximum atomic E-state index is 11.4. The minimum atomic E-state index is -0.783. The minimum Gasteiger partial charge on any atom is -0.481 e. The van der Waals surface area contributed by atoms with E-state index in [1.165, 1.54) is 0 Å². The smallest absolute Gasteiger partial charge is 0.303 e. The van der Waals surface area contributed by atoms with E-state index < -0.39 is 12.0 Å². The van der Waals surface area contributed by atoms with Gasteiger partial charge in [0.2, 0.25) is 5.91 Å². The number of carboxylic acid groups (broad SMARTS) is 1. The Morgan fingerprint density at radius 2 is 2.12 bits per heavy atom. The largest absolute Gasteiger partial charge is 0.481 e. The molecule has 17 heavy (non-hydrogen) atoms. The predicted octanol–water partition coefficient (Wildman–Crippen LogP) is 0.897. The van der Waals surface area contributed by atoms with Gasteiger partial charge in [0.25, 0.3) is 0 Å². The molecule has 0 saturated carbocycles. The second-order valence-corrected chi connectivity index (χ2v) is 4.25. The third-order valence-electron chi connectivity index (χ3n) is 2.54. The lowest BCUT2D eigenvalue weighted by Crippen LogP contribution is -2.40. The number of amides is 1. The molecule has 2 atom stereocenters. The Morgan fingerprint density at radius 3 is 2.65 bits per heavy atom. The van der Waals surface area contributed by atoms with Crippen molar-refractivity contribution in [2.75, 3.05) is 6.54 Å². The van der Waals surface area contributed by atoms with Crippen LogP contribution in [0.25, 0.3) is 0 Å². The van der Waals surface area contributed by atoms with Gasteiger partial charge < -0.3 is 16.2 Å². The van der Waals surface area contributed by atoms with Gasteiger partial charge in [-0.25, -0.2) is 0 Å². The highest BCUT2D eigenvalue weighted by atomic mass is 16.4. The van der Waals surface area contributed by atoms with E-state index in [1.807, 2.05) is 6.92 Å². The van der Waals surface area contributed by atoms with Crippen LogP contribution in [-0.4, -0.2) is 29.6 Å². The molecule has 0 spiro atoms. The van der Waals surface area contributed by atoms with Crippen LogP contribution in [0.4, 0.5) is 0 Å². The van der Waals surface area contributed by atoms with Crippen LogP contribution in [-0.2, 0) is 9.59 Å². The number of nitrogens with two attached hydrogens (primary N) is 1.